The number of fused-ring (bicyclic) bond motifs is 1. The highest BCUT2D eigenvalue weighted by Gasteiger charge is 2.33. The van der Waals surface area contributed by atoms with E-state index in [1.807, 2.05) is 24.3 Å². The SMILES string of the molecule is Cc1c(CO)cc([N+](=O)[O-])c(N[C@@H]2CCc3ccccc32)c1[N+](=O)[O-]. The fourth-order valence-corrected chi connectivity index (χ4v) is 3.37. The number of nitro benzene ring substituents is 2. The number of nitro groups is 2. The molecule has 130 valence electrons. The topological polar surface area (TPSA) is 119 Å². The summed E-state index contributed by atoms with van der Waals surface area (Å²) in [6, 6.07) is 8.68. The van der Waals surface area contributed by atoms with Crippen LogP contribution in [-0.2, 0) is 13.0 Å². The predicted molar refractivity (Wildman–Crippen MR) is 91.5 cm³/mol. The first-order valence-electron chi connectivity index (χ1n) is 7.84. The highest BCUT2D eigenvalue weighted by atomic mass is 16.6. The van der Waals surface area contributed by atoms with Crippen LogP contribution in [0.1, 0.15) is 34.7 Å². The van der Waals surface area contributed by atoms with Crippen LogP contribution in [0.15, 0.2) is 30.3 Å². The van der Waals surface area contributed by atoms with Crippen LogP contribution < -0.4 is 5.32 Å². The van der Waals surface area contributed by atoms with Crippen LogP contribution in [0.4, 0.5) is 17.1 Å². The van der Waals surface area contributed by atoms with Gasteiger partial charge in [-0.05, 0) is 36.5 Å². The minimum absolute atomic E-state index is 0.105. The molecule has 0 amide bonds. The van der Waals surface area contributed by atoms with Gasteiger partial charge in [0.05, 0.1) is 22.5 Å². The second-order valence-corrected chi connectivity index (χ2v) is 6.01. The summed E-state index contributed by atoms with van der Waals surface area (Å²) < 4.78 is 0. The molecule has 2 aromatic carbocycles. The lowest BCUT2D eigenvalue weighted by molar-refractivity contribution is -0.392. The predicted octanol–water partition coefficient (Wildman–Crippen LogP) is 3.40. The van der Waals surface area contributed by atoms with Crippen molar-refractivity contribution >= 4 is 17.1 Å². The van der Waals surface area contributed by atoms with Crippen molar-refractivity contribution in [2.45, 2.75) is 32.4 Å². The first-order valence-corrected chi connectivity index (χ1v) is 7.84. The molecule has 3 rings (SSSR count). The third-order valence-electron chi connectivity index (χ3n) is 4.64. The van der Waals surface area contributed by atoms with Crippen molar-refractivity contribution in [1.29, 1.82) is 0 Å². The van der Waals surface area contributed by atoms with E-state index in [1.54, 1.807) is 0 Å². The zero-order valence-corrected chi connectivity index (χ0v) is 13.6. The Hall–Kier alpha value is -3.00. The minimum Gasteiger partial charge on any atom is -0.392 e. The Bertz CT molecular complexity index is 866. The van der Waals surface area contributed by atoms with Gasteiger partial charge in [-0.3, -0.25) is 20.2 Å². The zero-order valence-electron chi connectivity index (χ0n) is 13.6. The quantitative estimate of drug-likeness (QED) is 0.634. The summed E-state index contributed by atoms with van der Waals surface area (Å²) in [5.74, 6) is 0. The molecule has 25 heavy (non-hydrogen) atoms. The summed E-state index contributed by atoms with van der Waals surface area (Å²) >= 11 is 0. The molecule has 0 saturated carbocycles. The molecule has 1 aliphatic rings. The Kier molecular flexibility index (Phi) is 4.37. The van der Waals surface area contributed by atoms with Gasteiger partial charge in [0.1, 0.15) is 0 Å². The van der Waals surface area contributed by atoms with Gasteiger partial charge in [-0.25, -0.2) is 0 Å². The third kappa shape index (κ3) is 2.91. The van der Waals surface area contributed by atoms with E-state index in [-0.39, 0.29) is 28.5 Å². The van der Waals surface area contributed by atoms with Crippen LogP contribution in [0.3, 0.4) is 0 Å². The smallest absolute Gasteiger partial charge is 0.302 e. The molecule has 0 spiro atoms. The van der Waals surface area contributed by atoms with E-state index < -0.39 is 22.1 Å². The second-order valence-electron chi connectivity index (χ2n) is 6.01. The maximum absolute atomic E-state index is 11.6. The normalized spacial score (nSPS) is 15.7. The molecule has 0 unspecified atom stereocenters. The maximum atomic E-state index is 11.6. The van der Waals surface area contributed by atoms with Gasteiger partial charge in [-0.1, -0.05) is 24.3 Å². The van der Waals surface area contributed by atoms with E-state index in [4.69, 9.17) is 0 Å². The number of aryl methyl sites for hydroxylation is 1. The van der Waals surface area contributed by atoms with Gasteiger partial charge in [0.2, 0.25) is 0 Å². The maximum Gasteiger partial charge on any atom is 0.302 e. The highest BCUT2D eigenvalue weighted by molar-refractivity contribution is 5.78. The molecular weight excluding hydrogens is 326 g/mol. The average molecular weight is 343 g/mol. The highest BCUT2D eigenvalue weighted by Crippen LogP contribution is 2.43. The number of rotatable bonds is 5. The van der Waals surface area contributed by atoms with Crippen LogP contribution in [0.2, 0.25) is 0 Å². The van der Waals surface area contributed by atoms with Crippen molar-refractivity contribution in [3.8, 4) is 0 Å². The summed E-state index contributed by atoms with van der Waals surface area (Å²) in [4.78, 5) is 21.7. The Morgan fingerprint density at radius 1 is 1.24 bits per heavy atom. The van der Waals surface area contributed by atoms with Gasteiger partial charge >= 0.3 is 5.69 Å². The molecule has 0 aromatic heterocycles. The molecule has 2 N–H and O–H groups in total. The van der Waals surface area contributed by atoms with Gasteiger partial charge in [-0.15, -0.1) is 0 Å². The van der Waals surface area contributed by atoms with Crippen LogP contribution in [0.5, 0.6) is 0 Å². The van der Waals surface area contributed by atoms with Crippen LogP contribution in [0.25, 0.3) is 0 Å². The van der Waals surface area contributed by atoms with Crippen molar-refractivity contribution < 1.29 is 15.0 Å². The number of anilines is 1. The summed E-state index contributed by atoms with van der Waals surface area (Å²) in [6.07, 6.45) is 1.51. The van der Waals surface area contributed by atoms with Crippen LogP contribution in [0, 0.1) is 27.2 Å². The lowest BCUT2D eigenvalue weighted by Crippen LogP contribution is -2.12. The van der Waals surface area contributed by atoms with Crippen LogP contribution >= 0.6 is 0 Å². The van der Waals surface area contributed by atoms with E-state index in [9.17, 15) is 25.3 Å². The van der Waals surface area contributed by atoms with E-state index in [0.717, 1.165) is 17.5 Å². The van der Waals surface area contributed by atoms with Gasteiger partial charge in [0.25, 0.3) is 5.69 Å². The summed E-state index contributed by atoms with van der Waals surface area (Å²) in [7, 11) is 0. The molecule has 0 heterocycles. The van der Waals surface area contributed by atoms with E-state index >= 15 is 0 Å². The molecule has 0 saturated heterocycles. The molecule has 0 bridgehead atoms. The van der Waals surface area contributed by atoms with Gasteiger partial charge in [0.15, 0.2) is 5.69 Å². The summed E-state index contributed by atoms with van der Waals surface area (Å²) in [5.41, 5.74) is 1.67. The molecule has 2 aromatic rings. The molecule has 0 aliphatic heterocycles. The van der Waals surface area contributed by atoms with Gasteiger partial charge in [-0.2, -0.15) is 0 Å². The summed E-state index contributed by atoms with van der Waals surface area (Å²) in [5, 5.41) is 35.4. The average Bonchev–Trinajstić information content (AvgIpc) is 2.98. The van der Waals surface area contributed by atoms with Gasteiger partial charge in [0, 0.05) is 11.6 Å². The van der Waals surface area contributed by atoms with Crippen molar-refractivity contribution in [3.05, 3.63) is 72.8 Å². The minimum atomic E-state index is -0.658. The van der Waals surface area contributed by atoms with Crippen molar-refractivity contribution in [2.24, 2.45) is 0 Å². The standard InChI is InChI=1S/C17H17N3O5/c1-10-12(9-21)8-15(19(22)23)16(17(10)20(24)25)18-14-7-6-11-4-2-3-5-13(11)14/h2-5,8,14,18,21H,6-7,9H2,1H3/t14-/m1/s1. The van der Waals surface area contributed by atoms with Gasteiger partial charge < -0.3 is 10.4 Å². The number of aliphatic hydroxyl groups excluding tert-OH is 1. The van der Waals surface area contributed by atoms with Crippen molar-refractivity contribution in [1.82, 2.24) is 0 Å². The van der Waals surface area contributed by atoms with Crippen LogP contribution in [-0.4, -0.2) is 15.0 Å². The molecular formula is C17H17N3O5. The number of hydrogen-bond donors (Lipinski definition) is 2. The Balaban J connectivity index is 2.13. The fraction of sp³-hybridized carbons (Fsp3) is 0.294. The number of hydrogen-bond acceptors (Lipinski definition) is 6. The fourth-order valence-electron chi connectivity index (χ4n) is 3.37. The molecule has 1 aliphatic carbocycles. The number of aliphatic hydroxyl groups is 1. The Morgan fingerprint density at radius 3 is 2.60 bits per heavy atom. The molecule has 8 heteroatoms. The lowest BCUT2D eigenvalue weighted by Gasteiger charge is -2.17. The molecule has 0 fully saturated rings. The molecule has 0 radical (unpaired) electrons. The summed E-state index contributed by atoms with van der Waals surface area (Å²) in [6.45, 7) is 0.987. The molecule has 1 atom stereocenters. The monoisotopic (exact) mass is 343 g/mol. The van der Waals surface area contributed by atoms with E-state index in [0.29, 0.717) is 6.42 Å². The number of benzene rings is 2. The zero-order chi connectivity index (χ0) is 18.1. The first kappa shape index (κ1) is 16.8. The van der Waals surface area contributed by atoms with E-state index in [2.05, 4.69) is 5.32 Å². The Labute approximate surface area is 143 Å². The lowest BCUT2D eigenvalue weighted by atomic mass is 10.0. The van der Waals surface area contributed by atoms with Crippen molar-refractivity contribution in [2.75, 3.05) is 5.32 Å². The second kappa shape index (κ2) is 6.48. The third-order valence-corrected chi connectivity index (χ3v) is 4.64. The number of nitrogens with one attached hydrogen (secondary N) is 1. The molecule has 8 nitrogen and oxygen atoms in total. The van der Waals surface area contributed by atoms with E-state index in [1.165, 1.54) is 13.0 Å². The van der Waals surface area contributed by atoms with Crippen molar-refractivity contribution in [3.63, 3.8) is 0 Å². The Morgan fingerprint density at radius 2 is 1.96 bits per heavy atom. The largest absolute Gasteiger partial charge is 0.392 e. The number of nitrogens with zero attached hydrogens (tertiary/aromatic N) is 2. The first-order chi connectivity index (χ1) is 11.9.